The van der Waals surface area contributed by atoms with Crippen LogP contribution < -0.4 is 5.32 Å². The Kier molecular flexibility index (Phi) is 6.20. The predicted octanol–water partition coefficient (Wildman–Crippen LogP) is 4.07. The zero-order valence-electron chi connectivity index (χ0n) is 14.0. The number of anilines is 1. The molecule has 1 unspecified atom stereocenters. The number of non-ortho nitro benzene ring substituents is 2. The van der Waals surface area contributed by atoms with Crippen LogP contribution in [0.4, 0.5) is 21.9 Å². The quantitative estimate of drug-likeness (QED) is 0.587. The van der Waals surface area contributed by atoms with E-state index in [1.807, 2.05) is 37.3 Å². The van der Waals surface area contributed by atoms with Gasteiger partial charge in [0.25, 0.3) is 11.4 Å². The van der Waals surface area contributed by atoms with Crippen LogP contribution >= 0.6 is 0 Å². The Morgan fingerprint density at radius 1 is 1.08 bits per heavy atom. The van der Waals surface area contributed by atoms with Crippen LogP contribution in [0.25, 0.3) is 0 Å². The number of rotatable bonds is 7. The molecule has 0 aromatic heterocycles. The van der Waals surface area contributed by atoms with Crippen LogP contribution in [0.15, 0.2) is 48.5 Å². The zero-order chi connectivity index (χ0) is 19.1. The second kappa shape index (κ2) is 8.56. The summed E-state index contributed by atoms with van der Waals surface area (Å²) in [7, 11) is 0. The summed E-state index contributed by atoms with van der Waals surface area (Å²) < 4.78 is 5.32. The van der Waals surface area contributed by atoms with E-state index in [1.165, 1.54) is 0 Å². The predicted molar refractivity (Wildman–Crippen MR) is 94.1 cm³/mol. The Labute approximate surface area is 148 Å². The van der Waals surface area contributed by atoms with Crippen molar-refractivity contribution in [3.8, 4) is 0 Å². The van der Waals surface area contributed by atoms with E-state index >= 15 is 0 Å². The first-order chi connectivity index (χ1) is 12.4. The van der Waals surface area contributed by atoms with Crippen LogP contribution in [0, 0.1) is 20.2 Å². The number of nitro groups is 2. The molecule has 9 nitrogen and oxygen atoms in total. The average Bonchev–Trinajstić information content (AvgIpc) is 2.61. The van der Waals surface area contributed by atoms with Crippen LogP contribution in [0.2, 0.25) is 0 Å². The molecule has 1 N–H and O–H groups in total. The van der Waals surface area contributed by atoms with Gasteiger partial charge in [-0.25, -0.2) is 4.79 Å². The minimum absolute atomic E-state index is 0.0783. The smallest absolute Gasteiger partial charge is 0.411 e. The second-order valence-corrected chi connectivity index (χ2v) is 5.50. The summed E-state index contributed by atoms with van der Waals surface area (Å²) in [6, 6.07) is 12.4. The first-order valence-electron chi connectivity index (χ1n) is 7.84. The van der Waals surface area contributed by atoms with E-state index in [9.17, 15) is 25.0 Å². The number of nitrogens with zero attached hydrogens (tertiary/aromatic N) is 2. The average molecular weight is 359 g/mol. The van der Waals surface area contributed by atoms with Gasteiger partial charge in [-0.2, -0.15) is 0 Å². The molecule has 0 fully saturated rings. The summed E-state index contributed by atoms with van der Waals surface area (Å²) in [6.45, 7) is 1.86. The molecule has 0 bridgehead atoms. The number of carbonyl (C=O) groups excluding carboxylic acids is 1. The van der Waals surface area contributed by atoms with Crippen LogP contribution in [0.5, 0.6) is 0 Å². The van der Waals surface area contributed by atoms with Crippen molar-refractivity contribution in [2.45, 2.75) is 25.9 Å². The lowest BCUT2D eigenvalue weighted by atomic mass is 10.1. The first-order valence-corrected chi connectivity index (χ1v) is 7.84. The van der Waals surface area contributed by atoms with Crippen molar-refractivity contribution in [2.75, 3.05) is 5.32 Å². The van der Waals surface area contributed by atoms with Gasteiger partial charge >= 0.3 is 6.09 Å². The Hall–Kier alpha value is -3.49. The normalized spacial score (nSPS) is 11.4. The van der Waals surface area contributed by atoms with Gasteiger partial charge in [0.05, 0.1) is 21.6 Å². The molecule has 136 valence electrons. The van der Waals surface area contributed by atoms with E-state index in [2.05, 4.69) is 5.32 Å². The van der Waals surface area contributed by atoms with Crippen molar-refractivity contribution in [1.82, 2.24) is 0 Å². The molecule has 9 heteroatoms. The largest absolute Gasteiger partial charge is 0.446 e. The molecule has 26 heavy (non-hydrogen) atoms. The molecule has 0 saturated heterocycles. The third kappa shape index (κ3) is 5.26. The van der Waals surface area contributed by atoms with Crippen LogP contribution in [0.1, 0.15) is 18.9 Å². The minimum atomic E-state index is -0.831. The van der Waals surface area contributed by atoms with E-state index in [-0.39, 0.29) is 5.69 Å². The van der Waals surface area contributed by atoms with Gasteiger partial charge in [-0.1, -0.05) is 37.3 Å². The third-order valence-corrected chi connectivity index (χ3v) is 3.61. The number of ether oxygens (including phenoxy) is 1. The van der Waals surface area contributed by atoms with E-state index in [0.717, 1.165) is 23.8 Å². The maximum atomic E-state index is 12.1. The highest BCUT2D eigenvalue weighted by Gasteiger charge is 2.19. The van der Waals surface area contributed by atoms with Gasteiger partial charge in [0, 0.05) is 18.6 Å². The highest BCUT2D eigenvalue weighted by Crippen LogP contribution is 2.26. The fourth-order valence-electron chi connectivity index (χ4n) is 2.32. The summed E-state index contributed by atoms with van der Waals surface area (Å²) >= 11 is 0. The van der Waals surface area contributed by atoms with Gasteiger partial charge in [-0.05, 0) is 12.0 Å². The van der Waals surface area contributed by atoms with Crippen molar-refractivity contribution in [1.29, 1.82) is 0 Å². The van der Waals surface area contributed by atoms with Crippen LogP contribution in [-0.4, -0.2) is 22.0 Å². The van der Waals surface area contributed by atoms with Crippen molar-refractivity contribution < 1.29 is 19.4 Å². The van der Waals surface area contributed by atoms with Crippen LogP contribution in [0.3, 0.4) is 0 Å². The molecular weight excluding hydrogens is 342 g/mol. The van der Waals surface area contributed by atoms with E-state index < -0.39 is 33.4 Å². The van der Waals surface area contributed by atoms with Gasteiger partial charge in [-0.15, -0.1) is 0 Å². The van der Waals surface area contributed by atoms with Gasteiger partial charge in [-0.3, -0.25) is 25.5 Å². The Bertz CT molecular complexity index is 777. The molecule has 0 aliphatic carbocycles. The molecule has 0 radical (unpaired) electrons. The molecule has 0 saturated carbocycles. The lowest BCUT2D eigenvalue weighted by Gasteiger charge is -2.16. The third-order valence-electron chi connectivity index (χ3n) is 3.61. The molecule has 0 aliphatic heterocycles. The lowest BCUT2D eigenvalue weighted by molar-refractivity contribution is -0.394. The molecule has 2 aromatic rings. The molecule has 2 aromatic carbocycles. The lowest BCUT2D eigenvalue weighted by Crippen LogP contribution is -2.23. The number of hydrogen-bond donors (Lipinski definition) is 1. The van der Waals surface area contributed by atoms with Crippen molar-refractivity contribution >= 4 is 23.2 Å². The molecule has 0 spiro atoms. The van der Waals surface area contributed by atoms with Crippen LogP contribution in [-0.2, 0) is 11.2 Å². The Morgan fingerprint density at radius 2 is 1.65 bits per heavy atom. The second-order valence-electron chi connectivity index (χ2n) is 5.50. The molecule has 1 atom stereocenters. The molecule has 0 aliphatic rings. The summed E-state index contributed by atoms with van der Waals surface area (Å²) in [5.41, 5.74) is -0.0692. The van der Waals surface area contributed by atoms with E-state index in [0.29, 0.717) is 12.8 Å². The van der Waals surface area contributed by atoms with Crippen molar-refractivity contribution in [3.63, 3.8) is 0 Å². The van der Waals surface area contributed by atoms with E-state index in [4.69, 9.17) is 4.74 Å². The van der Waals surface area contributed by atoms with Gasteiger partial charge in [0.2, 0.25) is 0 Å². The number of nitro benzene ring substituents is 2. The van der Waals surface area contributed by atoms with E-state index in [1.54, 1.807) is 0 Å². The monoisotopic (exact) mass is 359 g/mol. The summed E-state index contributed by atoms with van der Waals surface area (Å²) in [5, 5.41) is 24.1. The topological polar surface area (TPSA) is 125 Å². The fraction of sp³-hybridized carbons (Fsp3) is 0.235. The zero-order valence-corrected chi connectivity index (χ0v) is 14.0. The SMILES string of the molecule is CCC(Cc1ccccc1)OC(=O)Nc1cc([N+](=O)[O-])cc([N+](=O)[O-])c1. The highest BCUT2D eigenvalue weighted by molar-refractivity contribution is 5.86. The summed E-state index contributed by atoms with van der Waals surface area (Å²) in [6.07, 6.45) is -0.147. The first kappa shape index (κ1) is 18.8. The molecule has 1 amide bonds. The minimum Gasteiger partial charge on any atom is -0.446 e. The van der Waals surface area contributed by atoms with Gasteiger partial charge < -0.3 is 4.74 Å². The fourth-order valence-corrected chi connectivity index (χ4v) is 2.32. The highest BCUT2D eigenvalue weighted by atomic mass is 16.6. The summed E-state index contributed by atoms with van der Waals surface area (Å²) in [5.74, 6) is 0. The Balaban J connectivity index is 2.08. The maximum Gasteiger partial charge on any atom is 0.411 e. The number of carbonyl (C=O) groups is 1. The van der Waals surface area contributed by atoms with Gasteiger partial charge in [0.15, 0.2) is 0 Å². The summed E-state index contributed by atoms with van der Waals surface area (Å²) in [4.78, 5) is 32.3. The Morgan fingerprint density at radius 3 is 2.15 bits per heavy atom. The number of hydrogen-bond acceptors (Lipinski definition) is 6. The molecule has 2 rings (SSSR count). The number of benzene rings is 2. The standard InChI is InChI=1S/C17H17N3O6/c1-2-16(8-12-6-4-3-5-7-12)26-17(21)18-13-9-14(19(22)23)11-15(10-13)20(24)25/h3-7,9-11,16H,2,8H2,1H3,(H,18,21). The molecular formula is C17H17N3O6. The molecule has 0 heterocycles. The maximum absolute atomic E-state index is 12.1. The van der Waals surface area contributed by atoms with Crippen molar-refractivity contribution in [2.24, 2.45) is 0 Å². The van der Waals surface area contributed by atoms with Crippen molar-refractivity contribution in [3.05, 3.63) is 74.3 Å². The number of nitrogens with one attached hydrogen (secondary N) is 1. The van der Waals surface area contributed by atoms with Gasteiger partial charge in [0.1, 0.15) is 6.10 Å². The number of amides is 1.